The molecule has 2 bridgehead atoms. The smallest absolute Gasteiger partial charge is 0.195 e. The Morgan fingerprint density at radius 2 is 2.11 bits per heavy atom. The molecule has 3 aliphatic carbocycles. The Morgan fingerprint density at radius 3 is 2.67 bits per heavy atom. The van der Waals surface area contributed by atoms with Crippen molar-refractivity contribution in [1.29, 1.82) is 0 Å². The second-order valence-electron chi connectivity index (χ2n) is 6.58. The van der Waals surface area contributed by atoms with E-state index in [0.717, 1.165) is 18.3 Å². The van der Waals surface area contributed by atoms with Crippen molar-refractivity contribution in [2.24, 2.45) is 17.3 Å². The highest BCUT2D eigenvalue weighted by Crippen LogP contribution is 2.59. The summed E-state index contributed by atoms with van der Waals surface area (Å²) < 4.78 is 5.13. The lowest BCUT2D eigenvalue weighted by Crippen LogP contribution is -2.48. The molecule has 104 valence electrons. The summed E-state index contributed by atoms with van der Waals surface area (Å²) >= 11 is 0. The zero-order chi connectivity index (χ0) is 13.4. The fourth-order valence-corrected chi connectivity index (χ4v) is 3.13. The van der Waals surface area contributed by atoms with Crippen molar-refractivity contribution in [2.45, 2.75) is 52.7 Å². The Morgan fingerprint density at radius 1 is 1.39 bits per heavy atom. The second kappa shape index (κ2) is 4.95. The van der Waals surface area contributed by atoms with E-state index in [1.807, 2.05) is 13.8 Å². The standard InChI is InChI=1S/C15H26O3/c1-14(2)12-7-6-11(13(14)10-12)8-9-17-18-15(3,4)16-5/h6,12-13H,7-10H2,1-5H3/t12-,13-/m1/s1. The van der Waals surface area contributed by atoms with Crippen LogP contribution in [0.4, 0.5) is 0 Å². The van der Waals surface area contributed by atoms with Gasteiger partial charge in [0.05, 0.1) is 6.61 Å². The maximum Gasteiger partial charge on any atom is 0.195 e. The largest absolute Gasteiger partial charge is 0.351 e. The van der Waals surface area contributed by atoms with Gasteiger partial charge in [-0.2, -0.15) is 0 Å². The lowest BCUT2D eigenvalue weighted by atomic mass is 9.48. The van der Waals surface area contributed by atoms with Crippen molar-refractivity contribution in [2.75, 3.05) is 13.7 Å². The van der Waals surface area contributed by atoms with E-state index in [1.165, 1.54) is 12.8 Å². The minimum absolute atomic E-state index is 0.497. The SMILES string of the molecule is COC(C)(C)OOCCC1=CC[C@@H]2C[C@H]1C2(C)C. The van der Waals surface area contributed by atoms with Crippen LogP contribution in [0.2, 0.25) is 0 Å². The van der Waals surface area contributed by atoms with Crippen LogP contribution >= 0.6 is 0 Å². The molecule has 3 aliphatic rings. The van der Waals surface area contributed by atoms with Gasteiger partial charge in [0.15, 0.2) is 5.79 Å². The summed E-state index contributed by atoms with van der Waals surface area (Å²) in [5.74, 6) is 0.994. The van der Waals surface area contributed by atoms with E-state index < -0.39 is 5.79 Å². The summed E-state index contributed by atoms with van der Waals surface area (Å²) in [5, 5.41) is 0. The maximum atomic E-state index is 5.26. The maximum absolute atomic E-state index is 5.26. The second-order valence-corrected chi connectivity index (χ2v) is 6.58. The fourth-order valence-electron chi connectivity index (χ4n) is 3.13. The highest BCUT2D eigenvalue weighted by Gasteiger charge is 2.50. The Balaban J connectivity index is 1.74. The summed E-state index contributed by atoms with van der Waals surface area (Å²) in [6.45, 7) is 9.07. The minimum Gasteiger partial charge on any atom is -0.351 e. The zero-order valence-corrected chi connectivity index (χ0v) is 12.3. The topological polar surface area (TPSA) is 27.7 Å². The lowest BCUT2D eigenvalue weighted by molar-refractivity contribution is -0.412. The minimum atomic E-state index is -0.665. The number of hydrogen-bond donors (Lipinski definition) is 0. The summed E-state index contributed by atoms with van der Waals surface area (Å²) in [5.41, 5.74) is 2.05. The molecule has 0 aromatic rings. The summed E-state index contributed by atoms with van der Waals surface area (Å²) in [6.07, 6.45) is 5.99. The predicted molar refractivity (Wildman–Crippen MR) is 70.8 cm³/mol. The van der Waals surface area contributed by atoms with E-state index in [9.17, 15) is 0 Å². The Kier molecular flexibility index (Phi) is 3.86. The number of fused-ring (bicyclic) bond motifs is 1. The van der Waals surface area contributed by atoms with Gasteiger partial charge in [0.2, 0.25) is 0 Å². The van der Waals surface area contributed by atoms with Crippen LogP contribution in [0.5, 0.6) is 0 Å². The average Bonchev–Trinajstić information content (AvgIpc) is 2.34. The van der Waals surface area contributed by atoms with Crippen LogP contribution in [0, 0.1) is 17.3 Å². The van der Waals surface area contributed by atoms with E-state index in [2.05, 4.69) is 19.9 Å². The Hall–Kier alpha value is -0.380. The first-order valence-corrected chi connectivity index (χ1v) is 6.91. The van der Waals surface area contributed by atoms with E-state index in [4.69, 9.17) is 14.5 Å². The Labute approximate surface area is 110 Å². The van der Waals surface area contributed by atoms with E-state index >= 15 is 0 Å². The highest BCUT2D eigenvalue weighted by molar-refractivity contribution is 5.23. The van der Waals surface area contributed by atoms with Crippen LogP contribution in [-0.4, -0.2) is 19.5 Å². The molecule has 1 fully saturated rings. The van der Waals surface area contributed by atoms with Crippen molar-refractivity contribution in [3.63, 3.8) is 0 Å². The molecule has 0 radical (unpaired) electrons. The molecule has 0 N–H and O–H groups in total. The van der Waals surface area contributed by atoms with Gasteiger partial charge in [-0.15, -0.1) is 0 Å². The van der Waals surface area contributed by atoms with Gasteiger partial charge in [0, 0.05) is 7.11 Å². The molecule has 0 aliphatic heterocycles. The van der Waals surface area contributed by atoms with Crippen LogP contribution in [0.3, 0.4) is 0 Å². The van der Waals surface area contributed by atoms with Gasteiger partial charge in [0.25, 0.3) is 0 Å². The molecule has 1 saturated carbocycles. The summed E-state index contributed by atoms with van der Waals surface area (Å²) in [4.78, 5) is 10.5. The molecule has 3 rings (SSSR count). The van der Waals surface area contributed by atoms with Crippen molar-refractivity contribution >= 4 is 0 Å². The molecular formula is C15H26O3. The van der Waals surface area contributed by atoms with Gasteiger partial charge in [0.1, 0.15) is 0 Å². The fraction of sp³-hybridized carbons (Fsp3) is 0.867. The lowest BCUT2D eigenvalue weighted by Gasteiger charge is -2.56. The van der Waals surface area contributed by atoms with Crippen LogP contribution in [-0.2, 0) is 14.5 Å². The van der Waals surface area contributed by atoms with Crippen LogP contribution in [0.15, 0.2) is 11.6 Å². The first-order valence-electron chi connectivity index (χ1n) is 6.91. The molecule has 0 heterocycles. The molecule has 2 atom stereocenters. The normalized spacial score (nSPS) is 29.7. The molecule has 0 aromatic heterocycles. The molecule has 3 heteroatoms. The molecular weight excluding hydrogens is 228 g/mol. The molecule has 0 spiro atoms. The van der Waals surface area contributed by atoms with Crippen molar-refractivity contribution in [1.82, 2.24) is 0 Å². The van der Waals surface area contributed by atoms with Gasteiger partial charge >= 0.3 is 0 Å². The van der Waals surface area contributed by atoms with E-state index in [1.54, 1.807) is 12.7 Å². The third-order valence-corrected chi connectivity index (χ3v) is 4.81. The third kappa shape index (κ3) is 2.63. The number of rotatable bonds is 6. The van der Waals surface area contributed by atoms with Crippen molar-refractivity contribution in [3.8, 4) is 0 Å². The Bertz CT molecular complexity index is 331. The summed E-state index contributed by atoms with van der Waals surface area (Å²) in [6, 6.07) is 0. The molecule has 0 aromatic carbocycles. The monoisotopic (exact) mass is 254 g/mol. The molecule has 18 heavy (non-hydrogen) atoms. The quantitative estimate of drug-likeness (QED) is 0.238. The number of hydrogen-bond acceptors (Lipinski definition) is 3. The first-order chi connectivity index (χ1) is 8.37. The first kappa shape index (κ1) is 14.0. The number of methoxy groups -OCH3 is 1. The van der Waals surface area contributed by atoms with Gasteiger partial charge < -0.3 is 4.74 Å². The summed E-state index contributed by atoms with van der Waals surface area (Å²) in [7, 11) is 1.62. The molecule has 3 nitrogen and oxygen atoms in total. The van der Waals surface area contributed by atoms with Crippen molar-refractivity contribution < 1.29 is 14.5 Å². The molecule has 0 saturated heterocycles. The predicted octanol–water partition coefficient (Wildman–Crippen LogP) is 3.70. The zero-order valence-electron chi connectivity index (χ0n) is 12.3. The van der Waals surface area contributed by atoms with Crippen LogP contribution in [0.25, 0.3) is 0 Å². The van der Waals surface area contributed by atoms with Crippen LogP contribution < -0.4 is 0 Å². The van der Waals surface area contributed by atoms with Gasteiger partial charge in [-0.25, -0.2) is 9.78 Å². The van der Waals surface area contributed by atoms with Gasteiger partial charge in [-0.3, -0.25) is 0 Å². The van der Waals surface area contributed by atoms with E-state index in [0.29, 0.717) is 12.0 Å². The third-order valence-electron chi connectivity index (χ3n) is 4.81. The number of ether oxygens (including phenoxy) is 1. The highest BCUT2D eigenvalue weighted by atomic mass is 17.2. The van der Waals surface area contributed by atoms with Crippen LogP contribution in [0.1, 0.15) is 47.0 Å². The average molecular weight is 254 g/mol. The van der Waals surface area contributed by atoms with Gasteiger partial charge in [-0.1, -0.05) is 25.5 Å². The van der Waals surface area contributed by atoms with Crippen molar-refractivity contribution in [3.05, 3.63) is 11.6 Å². The number of allylic oxidation sites excluding steroid dienone is 1. The van der Waals surface area contributed by atoms with E-state index in [-0.39, 0.29) is 0 Å². The molecule has 0 amide bonds. The molecule has 0 unspecified atom stereocenters. The van der Waals surface area contributed by atoms with Gasteiger partial charge in [-0.05, 0) is 50.4 Å².